The van der Waals surface area contributed by atoms with Crippen molar-refractivity contribution in [1.82, 2.24) is 4.57 Å². The zero-order valence-corrected chi connectivity index (χ0v) is 11.9. The van der Waals surface area contributed by atoms with Crippen LogP contribution in [0.5, 0.6) is 0 Å². The van der Waals surface area contributed by atoms with E-state index in [0.29, 0.717) is 6.54 Å². The van der Waals surface area contributed by atoms with Gasteiger partial charge in [0.05, 0.1) is 25.5 Å². The van der Waals surface area contributed by atoms with E-state index in [2.05, 4.69) is 41.8 Å². The predicted octanol–water partition coefficient (Wildman–Crippen LogP) is 1.61. The molecule has 0 aliphatic heterocycles. The molecule has 0 aliphatic rings. The highest BCUT2D eigenvalue weighted by Crippen LogP contribution is 1.86. The maximum atomic E-state index is 8.29. The van der Waals surface area contributed by atoms with Crippen LogP contribution in [-0.2, 0) is 13.6 Å². The molecular formula is C13H20BN5+2. The molecule has 0 aromatic carbocycles. The Bertz CT molecular complexity index is 484. The second kappa shape index (κ2) is 10.9. The predicted molar refractivity (Wildman–Crippen MR) is 75.3 cm³/mol. The summed E-state index contributed by atoms with van der Waals surface area (Å²) in [4.78, 5) is 3.81. The van der Waals surface area contributed by atoms with E-state index in [4.69, 9.17) is 10.5 Å². The average molecular weight is 257 g/mol. The van der Waals surface area contributed by atoms with E-state index in [1.54, 1.807) is 11.9 Å². The second-order valence-electron chi connectivity index (χ2n) is 3.97. The zero-order chi connectivity index (χ0) is 14.5. The summed E-state index contributed by atoms with van der Waals surface area (Å²) in [5.41, 5.74) is 0. The minimum Gasteiger partial charge on any atom is -0.240 e. The molecule has 0 spiro atoms. The Morgan fingerprint density at radius 2 is 2.00 bits per heavy atom. The van der Waals surface area contributed by atoms with Gasteiger partial charge in [-0.3, -0.25) is 0 Å². The first-order chi connectivity index (χ1) is 9.17. The summed E-state index contributed by atoms with van der Waals surface area (Å²) in [5, 5.41) is 16.6. The van der Waals surface area contributed by atoms with Gasteiger partial charge in [0, 0.05) is 6.42 Å². The van der Waals surface area contributed by atoms with Crippen molar-refractivity contribution in [3.8, 4) is 17.9 Å². The van der Waals surface area contributed by atoms with Crippen molar-refractivity contribution >= 4 is 6.71 Å². The molecule has 0 saturated carbocycles. The number of hydrogen-bond donors (Lipinski definition) is 0. The Hall–Kier alpha value is -2.26. The van der Waals surface area contributed by atoms with Crippen LogP contribution in [0.25, 0.3) is 4.85 Å². The fraction of sp³-hybridized carbons (Fsp3) is 0.538. The number of unbranched alkanes of at least 4 members (excludes halogenated alkanes) is 1. The van der Waals surface area contributed by atoms with Crippen LogP contribution in [0.4, 0.5) is 0 Å². The van der Waals surface area contributed by atoms with Gasteiger partial charge in [-0.05, 0) is 13.3 Å². The molecule has 0 aliphatic carbocycles. The number of aromatic nitrogens is 2. The van der Waals surface area contributed by atoms with E-state index in [9.17, 15) is 0 Å². The summed E-state index contributed by atoms with van der Waals surface area (Å²) in [6, 6.07) is 0. The van der Waals surface area contributed by atoms with Crippen molar-refractivity contribution in [2.45, 2.75) is 33.2 Å². The molecule has 98 valence electrons. The monoisotopic (exact) mass is 257 g/mol. The SMILES string of the molecule is CCCC[N+]#CB(C#N)C#N.CCn1cc[n+](C)c1. The third-order valence-electron chi connectivity index (χ3n) is 2.29. The van der Waals surface area contributed by atoms with Gasteiger partial charge in [-0.25, -0.2) is 19.7 Å². The van der Waals surface area contributed by atoms with Crippen LogP contribution in [-0.4, -0.2) is 17.8 Å². The summed E-state index contributed by atoms with van der Waals surface area (Å²) in [5.74, 6) is 5.98. The van der Waals surface area contributed by atoms with E-state index >= 15 is 0 Å². The van der Waals surface area contributed by atoms with Gasteiger partial charge in [-0.15, -0.1) is 0 Å². The van der Waals surface area contributed by atoms with Gasteiger partial charge in [0.15, 0.2) is 0 Å². The van der Waals surface area contributed by atoms with Crippen molar-refractivity contribution in [2.24, 2.45) is 7.05 Å². The molecule has 0 atom stereocenters. The van der Waals surface area contributed by atoms with Gasteiger partial charge >= 0.3 is 6.71 Å². The lowest BCUT2D eigenvalue weighted by atomic mass is 9.55. The lowest BCUT2D eigenvalue weighted by molar-refractivity contribution is -0.671. The maximum Gasteiger partial charge on any atom is 0.557 e. The Morgan fingerprint density at radius 3 is 2.37 bits per heavy atom. The second-order valence-corrected chi connectivity index (χ2v) is 3.97. The smallest absolute Gasteiger partial charge is 0.240 e. The normalized spacial score (nSPS) is 8.05. The van der Waals surface area contributed by atoms with E-state index in [1.165, 1.54) is 0 Å². The van der Waals surface area contributed by atoms with Crippen LogP contribution in [0.1, 0.15) is 26.7 Å². The average Bonchev–Trinajstić information content (AvgIpc) is 2.86. The summed E-state index contributed by atoms with van der Waals surface area (Å²) in [7, 11) is 2.02. The van der Waals surface area contributed by atoms with Crippen molar-refractivity contribution in [3.63, 3.8) is 0 Å². The standard InChI is InChI=1S/C7H9BN3.C6H11N2/c1-2-3-4-11-7-8(5-9)6-10;1-3-8-5-4-7(2)6-8/h2-4H2,1H3;4-6H,3H2,1-2H3/q2*+1. The number of nitriles is 2. The molecule has 0 saturated heterocycles. The molecule has 6 heteroatoms. The van der Waals surface area contributed by atoms with Crippen molar-refractivity contribution in [1.29, 1.82) is 10.5 Å². The molecule has 1 aromatic rings. The third-order valence-corrected chi connectivity index (χ3v) is 2.29. The van der Waals surface area contributed by atoms with E-state index in [0.717, 1.165) is 19.4 Å². The third kappa shape index (κ3) is 8.47. The van der Waals surface area contributed by atoms with Crippen molar-refractivity contribution < 1.29 is 4.57 Å². The van der Waals surface area contributed by atoms with Gasteiger partial charge in [0.1, 0.15) is 12.4 Å². The number of rotatable bonds is 3. The lowest BCUT2D eigenvalue weighted by Gasteiger charge is -1.81. The minimum absolute atomic E-state index is 0.663. The molecule has 19 heavy (non-hydrogen) atoms. The molecular weight excluding hydrogens is 237 g/mol. The van der Waals surface area contributed by atoms with Crippen molar-refractivity contribution in [3.05, 3.63) is 23.6 Å². The van der Waals surface area contributed by atoms with Crippen molar-refractivity contribution in [2.75, 3.05) is 6.54 Å². The quantitative estimate of drug-likeness (QED) is 0.469. The molecule has 0 fully saturated rings. The Kier molecular flexibility index (Phi) is 9.58. The van der Waals surface area contributed by atoms with Gasteiger partial charge in [0.2, 0.25) is 12.3 Å². The van der Waals surface area contributed by atoms with E-state index in [1.807, 2.05) is 17.8 Å². The molecule has 0 amide bonds. The minimum atomic E-state index is -0.799. The number of nitrogens with zero attached hydrogens (tertiary/aromatic N) is 5. The van der Waals surface area contributed by atoms with Gasteiger partial charge < -0.3 is 0 Å². The summed E-state index contributed by atoms with van der Waals surface area (Å²) < 4.78 is 4.16. The number of aryl methyl sites for hydroxylation is 2. The first-order valence-corrected chi connectivity index (χ1v) is 6.40. The highest BCUT2D eigenvalue weighted by Gasteiger charge is 2.17. The maximum absolute atomic E-state index is 8.29. The van der Waals surface area contributed by atoms with Crippen LogP contribution >= 0.6 is 0 Å². The molecule has 1 rings (SSSR count). The molecule has 0 bridgehead atoms. The molecule has 5 nitrogen and oxygen atoms in total. The largest absolute Gasteiger partial charge is 0.557 e. The Balaban J connectivity index is 0.000000356. The molecule has 0 unspecified atom stereocenters. The van der Waals surface area contributed by atoms with E-state index in [-0.39, 0.29) is 0 Å². The summed E-state index contributed by atoms with van der Waals surface area (Å²) in [6.45, 7) is 5.10. The van der Waals surface area contributed by atoms with Gasteiger partial charge in [-0.1, -0.05) is 11.8 Å². The number of imidazole rings is 1. The van der Waals surface area contributed by atoms with Crippen LogP contribution in [0.2, 0.25) is 0 Å². The first-order valence-electron chi connectivity index (χ1n) is 6.40. The van der Waals surface area contributed by atoms with E-state index < -0.39 is 6.71 Å². The lowest BCUT2D eigenvalue weighted by Crippen LogP contribution is -2.23. The highest BCUT2D eigenvalue weighted by atomic mass is 15.1. The Morgan fingerprint density at radius 1 is 1.32 bits per heavy atom. The molecule has 0 radical (unpaired) electrons. The highest BCUT2D eigenvalue weighted by molar-refractivity contribution is 6.81. The Labute approximate surface area is 115 Å². The van der Waals surface area contributed by atoms with Crippen LogP contribution in [0.15, 0.2) is 18.7 Å². The fourth-order valence-electron chi connectivity index (χ4n) is 1.17. The zero-order valence-electron chi connectivity index (χ0n) is 11.9. The van der Waals surface area contributed by atoms with Crippen LogP contribution in [0, 0.1) is 28.4 Å². The van der Waals surface area contributed by atoms with Crippen LogP contribution < -0.4 is 4.57 Å². The first kappa shape index (κ1) is 16.7. The van der Waals surface area contributed by atoms with Crippen LogP contribution in [0.3, 0.4) is 0 Å². The van der Waals surface area contributed by atoms with Gasteiger partial charge in [-0.2, -0.15) is 0 Å². The molecule has 0 N–H and O–H groups in total. The topological polar surface area (TPSA) is 60.8 Å². The molecule has 1 aromatic heterocycles. The number of hydrogen-bond acceptors (Lipinski definition) is 2. The summed E-state index contributed by atoms with van der Waals surface area (Å²) >= 11 is 0. The van der Waals surface area contributed by atoms with Gasteiger partial charge in [0.25, 0.3) is 6.54 Å². The molecule has 1 heterocycles. The summed E-state index contributed by atoms with van der Waals surface area (Å²) in [6.07, 6.45) is 8.19. The fourth-order valence-corrected chi connectivity index (χ4v) is 1.17.